The number of primary amides is 1. The van der Waals surface area contributed by atoms with Crippen LogP contribution in [0.3, 0.4) is 0 Å². The van der Waals surface area contributed by atoms with Gasteiger partial charge in [-0.2, -0.15) is 5.10 Å². The molecule has 0 aliphatic carbocycles. The van der Waals surface area contributed by atoms with E-state index in [9.17, 15) is 9.59 Å². The highest BCUT2D eigenvalue weighted by atomic mass is 16.3. The Labute approximate surface area is 98.0 Å². The lowest BCUT2D eigenvalue weighted by Gasteiger charge is -2.03. The molecule has 0 bridgehead atoms. The highest BCUT2D eigenvalue weighted by molar-refractivity contribution is 6.00. The van der Waals surface area contributed by atoms with Gasteiger partial charge in [0.05, 0.1) is 19.2 Å². The van der Waals surface area contributed by atoms with E-state index in [0.29, 0.717) is 18.0 Å². The Morgan fingerprint density at radius 1 is 1.53 bits per heavy atom. The van der Waals surface area contributed by atoms with E-state index >= 15 is 0 Å². The second-order valence-electron chi connectivity index (χ2n) is 3.36. The number of urea groups is 1. The fraction of sp³-hybridized carbons (Fsp3) is 0.300. The zero-order valence-electron chi connectivity index (χ0n) is 9.40. The Balaban J connectivity index is 2.29. The van der Waals surface area contributed by atoms with Gasteiger partial charge < -0.3 is 15.5 Å². The number of hydrogen-bond acceptors (Lipinski definition) is 4. The van der Waals surface area contributed by atoms with Crippen LogP contribution in [0.5, 0.6) is 0 Å². The van der Waals surface area contributed by atoms with E-state index in [2.05, 4.69) is 10.4 Å². The molecule has 0 spiro atoms. The third-order valence-corrected chi connectivity index (χ3v) is 1.81. The largest absolute Gasteiger partial charge is 0.467 e. The van der Waals surface area contributed by atoms with Crippen molar-refractivity contribution in [3.05, 3.63) is 24.2 Å². The van der Waals surface area contributed by atoms with E-state index in [0.717, 1.165) is 0 Å². The molecule has 17 heavy (non-hydrogen) atoms. The van der Waals surface area contributed by atoms with Crippen molar-refractivity contribution in [3.8, 4) is 0 Å². The van der Waals surface area contributed by atoms with Crippen molar-refractivity contribution in [2.45, 2.75) is 19.9 Å². The molecule has 0 aliphatic heterocycles. The van der Waals surface area contributed by atoms with Crippen LogP contribution in [0.2, 0.25) is 0 Å². The molecule has 0 fully saturated rings. The predicted molar refractivity (Wildman–Crippen MR) is 61.0 cm³/mol. The van der Waals surface area contributed by atoms with Gasteiger partial charge in [-0.25, -0.2) is 10.2 Å². The Morgan fingerprint density at radius 3 is 2.88 bits per heavy atom. The van der Waals surface area contributed by atoms with Gasteiger partial charge in [-0.15, -0.1) is 0 Å². The van der Waals surface area contributed by atoms with E-state index in [1.807, 2.05) is 5.43 Å². The lowest BCUT2D eigenvalue weighted by Crippen LogP contribution is -2.28. The summed E-state index contributed by atoms with van der Waals surface area (Å²) in [5.74, 6) is 0.456. The fourth-order valence-corrected chi connectivity index (χ4v) is 1.08. The second kappa shape index (κ2) is 6.31. The molecule has 0 saturated heterocycles. The zero-order chi connectivity index (χ0) is 12.7. The lowest BCUT2D eigenvalue weighted by molar-refractivity contribution is -0.120. The van der Waals surface area contributed by atoms with Gasteiger partial charge in [0.15, 0.2) is 0 Å². The van der Waals surface area contributed by atoms with Crippen LogP contribution in [0, 0.1) is 0 Å². The van der Waals surface area contributed by atoms with Crippen molar-refractivity contribution in [1.82, 2.24) is 10.7 Å². The molecule has 0 saturated carbocycles. The second-order valence-corrected chi connectivity index (χ2v) is 3.36. The average molecular weight is 238 g/mol. The summed E-state index contributed by atoms with van der Waals surface area (Å²) >= 11 is 0. The molecule has 0 unspecified atom stereocenters. The SMILES string of the molecule is C/C(CC(=O)NCc1ccco1)=N\NC(N)=O. The van der Waals surface area contributed by atoms with Gasteiger partial charge in [0.2, 0.25) is 5.91 Å². The first kappa shape index (κ1) is 12.8. The van der Waals surface area contributed by atoms with Crippen molar-refractivity contribution in [3.63, 3.8) is 0 Å². The molecule has 0 aliphatic rings. The summed E-state index contributed by atoms with van der Waals surface area (Å²) < 4.78 is 5.05. The molecule has 4 N–H and O–H groups in total. The van der Waals surface area contributed by atoms with Crippen molar-refractivity contribution >= 4 is 17.6 Å². The minimum atomic E-state index is -0.764. The average Bonchev–Trinajstić information content (AvgIpc) is 2.76. The first-order valence-electron chi connectivity index (χ1n) is 4.95. The maximum Gasteiger partial charge on any atom is 0.332 e. The number of furan rings is 1. The van der Waals surface area contributed by atoms with Crippen LogP contribution in [0.25, 0.3) is 0 Å². The number of carbonyl (C=O) groups excluding carboxylic acids is 2. The van der Waals surface area contributed by atoms with Gasteiger partial charge in [0.25, 0.3) is 0 Å². The van der Waals surface area contributed by atoms with E-state index in [-0.39, 0.29) is 12.3 Å². The quantitative estimate of drug-likeness (QED) is 0.507. The standard InChI is InChI=1S/C10H14N4O3/c1-7(13-14-10(11)16)5-9(15)12-6-8-3-2-4-17-8/h2-4H,5-6H2,1H3,(H,12,15)(H3,11,14,16)/b13-7+. The summed E-state index contributed by atoms with van der Waals surface area (Å²) in [5, 5.41) is 6.26. The molecule has 1 aromatic rings. The third kappa shape index (κ3) is 5.36. The number of nitrogens with zero attached hydrogens (tertiary/aromatic N) is 1. The first-order chi connectivity index (χ1) is 8.08. The van der Waals surface area contributed by atoms with E-state index in [1.54, 1.807) is 19.1 Å². The lowest BCUT2D eigenvalue weighted by atomic mass is 10.3. The highest BCUT2D eigenvalue weighted by Gasteiger charge is 2.04. The first-order valence-corrected chi connectivity index (χ1v) is 4.95. The number of amides is 3. The summed E-state index contributed by atoms with van der Waals surface area (Å²) in [6.45, 7) is 1.94. The van der Waals surface area contributed by atoms with E-state index in [4.69, 9.17) is 10.2 Å². The number of hydrazone groups is 1. The number of rotatable bonds is 5. The summed E-state index contributed by atoms with van der Waals surface area (Å²) in [7, 11) is 0. The van der Waals surface area contributed by atoms with Crippen molar-refractivity contribution < 1.29 is 14.0 Å². The molecular weight excluding hydrogens is 224 g/mol. The minimum absolute atomic E-state index is 0.0843. The zero-order valence-corrected chi connectivity index (χ0v) is 9.40. The van der Waals surface area contributed by atoms with Crippen LogP contribution in [0.15, 0.2) is 27.9 Å². The van der Waals surface area contributed by atoms with Gasteiger partial charge in [0, 0.05) is 5.71 Å². The number of carbonyl (C=O) groups is 2. The smallest absolute Gasteiger partial charge is 0.332 e. The Kier molecular flexibility index (Phi) is 4.74. The van der Waals surface area contributed by atoms with Gasteiger partial charge in [-0.3, -0.25) is 4.79 Å². The maximum absolute atomic E-state index is 11.4. The van der Waals surface area contributed by atoms with Gasteiger partial charge in [0.1, 0.15) is 5.76 Å². The predicted octanol–water partition coefficient (Wildman–Crippen LogP) is 0.330. The fourth-order valence-electron chi connectivity index (χ4n) is 1.08. The molecule has 7 heteroatoms. The number of nitrogens with one attached hydrogen (secondary N) is 2. The van der Waals surface area contributed by atoms with Crippen molar-refractivity contribution in [2.75, 3.05) is 0 Å². The van der Waals surface area contributed by atoms with Crippen LogP contribution >= 0.6 is 0 Å². The molecule has 1 aromatic heterocycles. The Bertz CT molecular complexity index is 411. The molecule has 0 atom stereocenters. The van der Waals surface area contributed by atoms with Crippen molar-refractivity contribution in [1.29, 1.82) is 0 Å². The van der Waals surface area contributed by atoms with Crippen molar-refractivity contribution in [2.24, 2.45) is 10.8 Å². The van der Waals surface area contributed by atoms with E-state index in [1.165, 1.54) is 6.26 Å². The topological polar surface area (TPSA) is 110 Å². The summed E-state index contributed by atoms with van der Waals surface area (Å²) in [4.78, 5) is 21.8. The Morgan fingerprint density at radius 2 is 2.29 bits per heavy atom. The summed E-state index contributed by atoms with van der Waals surface area (Å²) in [5.41, 5.74) is 7.33. The van der Waals surface area contributed by atoms with E-state index < -0.39 is 6.03 Å². The van der Waals surface area contributed by atoms with Crippen LogP contribution < -0.4 is 16.5 Å². The normalized spacial score (nSPS) is 11.0. The monoisotopic (exact) mass is 238 g/mol. The minimum Gasteiger partial charge on any atom is -0.467 e. The molecular formula is C10H14N4O3. The van der Waals surface area contributed by atoms with Crippen LogP contribution in [-0.2, 0) is 11.3 Å². The Hall–Kier alpha value is -2.31. The molecule has 1 rings (SSSR count). The van der Waals surface area contributed by atoms with Crippen LogP contribution in [-0.4, -0.2) is 17.6 Å². The number of hydrogen-bond donors (Lipinski definition) is 3. The molecule has 1 heterocycles. The highest BCUT2D eigenvalue weighted by Crippen LogP contribution is 1.98. The van der Waals surface area contributed by atoms with Gasteiger partial charge in [-0.1, -0.05) is 0 Å². The molecule has 0 aromatic carbocycles. The van der Waals surface area contributed by atoms with Gasteiger partial charge in [-0.05, 0) is 19.1 Å². The van der Waals surface area contributed by atoms with Gasteiger partial charge >= 0.3 is 6.03 Å². The van der Waals surface area contributed by atoms with Crippen LogP contribution in [0.1, 0.15) is 19.1 Å². The molecule has 3 amide bonds. The summed E-state index contributed by atoms with van der Waals surface area (Å²) in [6.07, 6.45) is 1.62. The van der Waals surface area contributed by atoms with Crippen LogP contribution in [0.4, 0.5) is 4.79 Å². The molecule has 7 nitrogen and oxygen atoms in total. The molecule has 0 radical (unpaired) electrons. The third-order valence-electron chi connectivity index (χ3n) is 1.81. The molecule has 92 valence electrons. The maximum atomic E-state index is 11.4. The number of nitrogens with two attached hydrogens (primary N) is 1. The summed E-state index contributed by atoms with van der Waals surface area (Å²) in [6, 6.07) is 2.74.